The molecule has 1 aliphatic carbocycles. The van der Waals surface area contributed by atoms with Crippen molar-refractivity contribution in [3.8, 4) is 17.7 Å². The van der Waals surface area contributed by atoms with Crippen LogP contribution in [-0.2, 0) is 6.42 Å². The van der Waals surface area contributed by atoms with Crippen molar-refractivity contribution in [1.82, 2.24) is 29.7 Å². The number of nitrogens with two attached hydrogens (primary N) is 1. The quantitative estimate of drug-likeness (QED) is 0.538. The standard InChI is InChI=1S/C22H17N7/c23-22-24-11-15(12-25-22)6-8-18-10-20(27-14-26-18)29-13-17-7-9-19(21(17)28-29)16-4-2-1-3-5-16/h1-5,10-14,19H,7,9H2,(H2,23,24,25). The van der Waals surface area contributed by atoms with E-state index in [0.29, 0.717) is 23.0 Å². The summed E-state index contributed by atoms with van der Waals surface area (Å²) >= 11 is 0. The second kappa shape index (κ2) is 7.17. The van der Waals surface area contributed by atoms with E-state index in [9.17, 15) is 0 Å². The van der Waals surface area contributed by atoms with Gasteiger partial charge in [0.15, 0.2) is 5.82 Å². The molecule has 4 aromatic rings. The molecule has 1 atom stereocenters. The smallest absolute Gasteiger partial charge is 0.219 e. The van der Waals surface area contributed by atoms with E-state index < -0.39 is 0 Å². The molecule has 2 N–H and O–H groups in total. The van der Waals surface area contributed by atoms with Gasteiger partial charge in [-0.2, -0.15) is 5.10 Å². The number of nitrogens with zero attached hydrogens (tertiary/aromatic N) is 6. The van der Waals surface area contributed by atoms with Gasteiger partial charge in [-0.15, -0.1) is 0 Å². The largest absolute Gasteiger partial charge is 0.368 e. The third-order valence-electron chi connectivity index (χ3n) is 4.95. The van der Waals surface area contributed by atoms with Crippen LogP contribution < -0.4 is 5.73 Å². The van der Waals surface area contributed by atoms with Gasteiger partial charge >= 0.3 is 0 Å². The van der Waals surface area contributed by atoms with Crippen molar-refractivity contribution in [1.29, 1.82) is 0 Å². The van der Waals surface area contributed by atoms with E-state index in [1.807, 2.05) is 16.8 Å². The number of benzene rings is 1. The molecule has 1 aliphatic rings. The number of hydrogen-bond acceptors (Lipinski definition) is 6. The molecular weight excluding hydrogens is 362 g/mol. The second-order valence-electron chi connectivity index (χ2n) is 6.83. The van der Waals surface area contributed by atoms with Crippen LogP contribution in [-0.4, -0.2) is 29.7 Å². The molecule has 7 nitrogen and oxygen atoms in total. The lowest BCUT2D eigenvalue weighted by Crippen LogP contribution is -2.03. The second-order valence-corrected chi connectivity index (χ2v) is 6.83. The lowest BCUT2D eigenvalue weighted by molar-refractivity contribution is 0.719. The van der Waals surface area contributed by atoms with Crippen molar-refractivity contribution in [3.63, 3.8) is 0 Å². The van der Waals surface area contributed by atoms with Crippen molar-refractivity contribution in [2.45, 2.75) is 18.8 Å². The molecule has 7 heteroatoms. The fourth-order valence-corrected chi connectivity index (χ4v) is 3.55. The summed E-state index contributed by atoms with van der Waals surface area (Å²) in [6.45, 7) is 0. The number of anilines is 1. The highest BCUT2D eigenvalue weighted by Crippen LogP contribution is 2.37. The van der Waals surface area contributed by atoms with Gasteiger partial charge in [0.1, 0.15) is 12.0 Å². The van der Waals surface area contributed by atoms with Crippen LogP contribution in [0.2, 0.25) is 0 Å². The van der Waals surface area contributed by atoms with Crippen molar-refractivity contribution in [2.24, 2.45) is 0 Å². The van der Waals surface area contributed by atoms with E-state index in [4.69, 9.17) is 10.8 Å². The Kier molecular flexibility index (Phi) is 4.22. The first-order valence-electron chi connectivity index (χ1n) is 9.31. The topological polar surface area (TPSA) is 95.4 Å². The Labute approximate surface area is 167 Å². The summed E-state index contributed by atoms with van der Waals surface area (Å²) in [5, 5.41) is 4.83. The van der Waals surface area contributed by atoms with E-state index in [1.165, 1.54) is 17.5 Å². The van der Waals surface area contributed by atoms with Crippen molar-refractivity contribution in [3.05, 3.63) is 89.4 Å². The van der Waals surface area contributed by atoms with Gasteiger partial charge in [0.2, 0.25) is 5.95 Å². The van der Waals surface area contributed by atoms with Gasteiger partial charge in [0.25, 0.3) is 0 Å². The minimum absolute atomic E-state index is 0.223. The zero-order valence-electron chi connectivity index (χ0n) is 15.5. The Morgan fingerprint density at radius 2 is 1.83 bits per heavy atom. The Morgan fingerprint density at radius 1 is 1.00 bits per heavy atom. The molecule has 0 bridgehead atoms. The maximum absolute atomic E-state index is 5.49. The van der Waals surface area contributed by atoms with Crippen LogP contribution in [0.25, 0.3) is 5.82 Å². The van der Waals surface area contributed by atoms with Crippen LogP contribution in [0.3, 0.4) is 0 Å². The summed E-state index contributed by atoms with van der Waals surface area (Å²) in [5.74, 6) is 7.24. The molecular formula is C22H17N7. The van der Waals surface area contributed by atoms with Crippen molar-refractivity contribution in [2.75, 3.05) is 5.73 Å². The molecule has 0 fully saturated rings. The van der Waals surface area contributed by atoms with Gasteiger partial charge < -0.3 is 5.73 Å². The van der Waals surface area contributed by atoms with Gasteiger partial charge in [0, 0.05) is 30.6 Å². The Bertz CT molecular complexity index is 1220. The lowest BCUT2D eigenvalue weighted by Gasteiger charge is -2.09. The highest BCUT2D eigenvalue weighted by Gasteiger charge is 2.27. The zero-order chi connectivity index (χ0) is 19.6. The summed E-state index contributed by atoms with van der Waals surface area (Å²) in [6.07, 6.45) is 8.83. The third-order valence-corrected chi connectivity index (χ3v) is 4.95. The molecule has 0 saturated heterocycles. The molecule has 0 spiro atoms. The average molecular weight is 379 g/mol. The molecule has 5 rings (SSSR count). The Hall–Kier alpha value is -4.05. The monoisotopic (exact) mass is 379 g/mol. The molecule has 29 heavy (non-hydrogen) atoms. The molecule has 3 aromatic heterocycles. The first-order chi connectivity index (χ1) is 14.3. The first-order valence-corrected chi connectivity index (χ1v) is 9.31. The summed E-state index contributed by atoms with van der Waals surface area (Å²) in [4.78, 5) is 16.5. The summed E-state index contributed by atoms with van der Waals surface area (Å²) in [7, 11) is 0. The number of nitrogen functional groups attached to an aromatic ring is 1. The molecule has 3 heterocycles. The number of aryl methyl sites for hydroxylation is 1. The molecule has 0 saturated carbocycles. The molecule has 0 aliphatic heterocycles. The van der Waals surface area contributed by atoms with Crippen LogP contribution >= 0.6 is 0 Å². The van der Waals surface area contributed by atoms with E-state index in [1.54, 1.807) is 12.4 Å². The summed E-state index contributed by atoms with van der Waals surface area (Å²) < 4.78 is 1.82. The molecule has 1 unspecified atom stereocenters. The summed E-state index contributed by atoms with van der Waals surface area (Å²) in [5.41, 5.74) is 10.5. The van der Waals surface area contributed by atoms with Crippen molar-refractivity contribution >= 4 is 5.95 Å². The zero-order valence-corrected chi connectivity index (χ0v) is 15.5. The van der Waals surface area contributed by atoms with Gasteiger partial charge in [0.05, 0.1) is 11.3 Å². The highest BCUT2D eigenvalue weighted by molar-refractivity contribution is 5.42. The van der Waals surface area contributed by atoms with Crippen LogP contribution in [0.5, 0.6) is 0 Å². The number of rotatable bonds is 2. The van der Waals surface area contributed by atoms with Gasteiger partial charge in [-0.25, -0.2) is 24.6 Å². The predicted octanol–water partition coefficient (Wildman–Crippen LogP) is 2.51. The number of aromatic nitrogens is 6. The van der Waals surface area contributed by atoms with Gasteiger partial charge in [-0.3, -0.25) is 0 Å². The van der Waals surface area contributed by atoms with E-state index >= 15 is 0 Å². The minimum atomic E-state index is 0.223. The number of hydrogen-bond donors (Lipinski definition) is 1. The van der Waals surface area contributed by atoms with E-state index in [-0.39, 0.29) is 5.95 Å². The van der Waals surface area contributed by atoms with Crippen LogP contribution in [0, 0.1) is 11.8 Å². The third kappa shape index (κ3) is 3.44. The maximum atomic E-state index is 5.49. The van der Waals surface area contributed by atoms with E-state index in [0.717, 1.165) is 18.5 Å². The first kappa shape index (κ1) is 17.1. The minimum Gasteiger partial charge on any atom is -0.368 e. The lowest BCUT2D eigenvalue weighted by atomic mass is 9.97. The highest BCUT2D eigenvalue weighted by atomic mass is 15.3. The molecule has 0 amide bonds. The normalized spacial score (nSPS) is 14.8. The molecule has 1 aromatic carbocycles. The predicted molar refractivity (Wildman–Crippen MR) is 108 cm³/mol. The van der Waals surface area contributed by atoms with E-state index in [2.05, 4.69) is 62.2 Å². The number of fused-ring (bicyclic) bond motifs is 1. The maximum Gasteiger partial charge on any atom is 0.219 e. The molecule has 140 valence electrons. The SMILES string of the molecule is Nc1ncc(C#Cc2cc(-n3cc4c(n3)C(c3ccccc3)CC4)ncn2)cn1. The molecule has 0 radical (unpaired) electrons. The van der Waals surface area contributed by atoms with Crippen LogP contribution in [0.4, 0.5) is 5.95 Å². The van der Waals surface area contributed by atoms with Gasteiger partial charge in [-0.05, 0) is 29.9 Å². The Morgan fingerprint density at radius 3 is 2.66 bits per heavy atom. The fraction of sp³-hybridized carbons (Fsp3) is 0.136. The van der Waals surface area contributed by atoms with Crippen LogP contribution in [0.15, 0.2) is 61.3 Å². The van der Waals surface area contributed by atoms with Crippen LogP contribution in [0.1, 0.15) is 40.4 Å². The summed E-state index contributed by atoms with van der Waals surface area (Å²) in [6, 6.07) is 12.3. The van der Waals surface area contributed by atoms with Crippen molar-refractivity contribution < 1.29 is 0 Å². The van der Waals surface area contributed by atoms with Gasteiger partial charge in [-0.1, -0.05) is 36.3 Å². The fourth-order valence-electron chi connectivity index (χ4n) is 3.55. The average Bonchev–Trinajstić information content (AvgIpc) is 3.35. The Balaban J connectivity index is 1.43.